The first-order chi connectivity index (χ1) is 9.00. The lowest BCUT2D eigenvalue weighted by Crippen LogP contribution is -2.42. The van der Waals surface area contributed by atoms with Gasteiger partial charge in [0.2, 0.25) is 0 Å². The molecule has 2 N–H and O–H groups in total. The lowest BCUT2D eigenvalue weighted by Gasteiger charge is -2.24. The first kappa shape index (κ1) is 13.4. The average molecular weight is 274 g/mol. The number of thiocarbonyl (C=S) groups is 1. The van der Waals surface area contributed by atoms with Gasteiger partial charge in [0.15, 0.2) is 0 Å². The lowest BCUT2D eigenvalue weighted by atomic mass is 10.1. The number of rotatable bonds is 3. The molecule has 0 saturated carbocycles. The van der Waals surface area contributed by atoms with E-state index in [0.29, 0.717) is 11.1 Å². The van der Waals surface area contributed by atoms with E-state index in [1.165, 1.54) is 4.90 Å². The second kappa shape index (κ2) is 5.27. The van der Waals surface area contributed by atoms with Crippen LogP contribution >= 0.6 is 12.2 Å². The van der Waals surface area contributed by atoms with Crippen LogP contribution in [0, 0.1) is 0 Å². The van der Waals surface area contributed by atoms with E-state index in [1.54, 1.807) is 44.6 Å². The highest BCUT2D eigenvalue weighted by Gasteiger charge is 2.19. The van der Waals surface area contributed by atoms with Crippen LogP contribution in [-0.4, -0.2) is 38.9 Å². The fourth-order valence-electron chi connectivity index (χ4n) is 1.67. The number of nitrogens with two attached hydrogens (primary N) is 1. The van der Waals surface area contributed by atoms with Crippen LogP contribution in [-0.2, 0) is 0 Å². The van der Waals surface area contributed by atoms with Gasteiger partial charge in [-0.3, -0.25) is 14.8 Å². The number of benzene rings is 1. The smallest absolute Gasteiger partial charge is 0.254 e. The van der Waals surface area contributed by atoms with Crippen LogP contribution in [0.2, 0.25) is 0 Å². The van der Waals surface area contributed by atoms with E-state index in [4.69, 9.17) is 18.0 Å². The first-order valence-corrected chi connectivity index (χ1v) is 6.19. The quantitative estimate of drug-likeness (QED) is 0.856. The summed E-state index contributed by atoms with van der Waals surface area (Å²) < 4.78 is 0. The molecule has 1 aromatic heterocycles. The molecule has 0 fully saturated rings. The van der Waals surface area contributed by atoms with Gasteiger partial charge < -0.3 is 10.6 Å². The number of carbonyl (C=O) groups excluding carboxylic acids is 1. The SMILES string of the molecule is CC(C(N)=S)N(C)C(=O)c1ccc2nccnc2c1. The van der Waals surface area contributed by atoms with Crippen molar-refractivity contribution < 1.29 is 4.79 Å². The Hall–Kier alpha value is -2.08. The van der Waals surface area contributed by atoms with Gasteiger partial charge in [0.1, 0.15) is 0 Å². The van der Waals surface area contributed by atoms with Crippen LogP contribution in [0.1, 0.15) is 17.3 Å². The Balaban J connectivity index is 2.33. The zero-order chi connectivity index (χ0) is 14.0. The van der Waals surface area contributed by atoms with Gasteiger partial charge >= 0.3 is 0 Å². The Morgan fingerprint density at radius 2 is 1.95 bits per heavy atom. The molecule has 0 radical (unpaired) electrons. The number of amides is 1. The van der Waals surface area contributed by atoms with Crippen molar-refractivity contribution >= 4 is 34.1 Å². The predicted molar refractivity (Wildman–Crippen MR) is 77.9 cm³/mol. The van der Waals surface area contributed by atoms with Crippen LogP contribution in [0.4, 0.5) is 0 Å². The van der Waals surface area contributed by atoms with Gasteiger partial charge in [-0.2, -0.15) is 0 Å². The standard InChI is InChI=1S/C13H14N4OS/c1-8(12(14)19)17(2)13(18)9-3-4-10-11(7-9)16-6-5-15-10/h3-8H,1-2H3,(H2,14,19). The van der Waals surface area contributed by atoms with Crippen LogP contribution in [0.5, 0.6) is 0 Å². The predicted octanol–water partition coefficient (Wildman–Crippen LogP) is 1.38. The molecular formula is C13H14N4OS. The summed E-state index contributed by atoms with van der Waals surface area (Å²) in [6.45, 7) is 1.79. The maximum atomic E-state index is 12.3. The fraction of sp³-hybridized carbons (Fsp3) is 0.231. The van der Waals surface area contributed by atoms with Crippen molar-refractivity contribution in [1.29, 1.82) is 0 Å². The van der Waals surface area contributed by atoms with Crippen molar-refractivity contribution in [1.82, 2.24) is 14.9 Å². The van der Waals surface area contributed by atoms with E-state index >= 15 is 0 Å². The van der Waals surface area contributed by atoms with E-state index in [-0.39, 0.29) is 16.9 Å². The minimum absolute atomic E-state index is 0.146. The summed E-state index contributed by atoms with van der Waals surface area (Å²) in [4.78, 5) is 22.4. The van der Waals surface area contributed by atoms with Crippen LogP contribution in [0.15, 0.2) is 30.6 Å². The number of likely N-dealkylation sites (N-methyl/N-ethyl adjacent to an activating group) is 1. The molecule has 0 aliphatic rings. The summed E-state index contributed by atoms with van der Waals surface area (Å²) >= 11 is 4.90. The lowest BCUT2D eigenvalue weighted by molar-refractivity contribution is 0.0779. The minimum atomic E-state index is -0.292. The number of fused-ring (bicyclic) bond motifs is 1. The fourth-order valence-corrected chi connectivity index (χ4v) is 1.82. The molecule has 0 aliphatic heterocycles. The number of carbonyl (C=O) groups is 1. The Labute approximate surface area is 116 Å². The normalized spacial score (nSPS) is 12.1. The zero-order valence-corrected chi connectivity index (χ0v) is 11.5. The molecular weight excluding hydrogens is 260 g/mol. The largest absolute Gasteiger partial charge is 0.392 e. The van der Waals surface area contributed by atoms with Gasteiger partial charge in [-0.25, -0.2) is 0 Å². The Kier molecular flexibility index (Phi) is 3.71. The number of hydrogen-bond acceptors (Lipinski definition) is 4. The first-order valence-electron chi connectivity index (χ1n) is 5.78. The molecule has 0 bridgehead atoms. The minimum Gasteiger partial charge on any atom is -0.392 e. The van der Waals surface area contributed by atoms with Gasteiger partial charge in [-0.15, -0.1) is 0 Å². The molecule has 0 spiro atoms. The molecule has 2 rings (SSSR count). The number of aromatic nitrogens is 2. The number of nitrogens with zero attached hydrogens (tertiary/aromatic N) is 3. The van der Waals surface area contributed by atoms with Gasteiger partial charge in [0.05, 0.1) is 22.1 Å². The summed E-state index contributed by atoms with van der Waals surface area (Å²) in [6.07, 6.45) is 3.21. The summed E-state index contributed by atoms with van der Waals surface area (Å²) in [7, 11) is 1.67. The van der Waals surface area contributed by atoms with E-state index in [9.17, 15) is 4.79 Å². The molecule has 98 valence electrons. The molecule has 1 aromatic carbocycles. The van der Waals surface area contributed by atoms with Crippen molar-refractivity contribution in [3.63, 3.8) is 0 Å². The van der Waals surface area contributed by atoms with Gasteiger partial charge in [0.25, 0.3) is 5.91 Å². The third kappa shape index (κ3) is 2.68. The topological polar surface area (TPSA) is 72.1 Å². The molecule has 2 aromatic rings. The molecule has 19 heavy (non-hydrogen) atoms. The second-order valence-electron chi connectivity index (χ2n) is 4.25. The summed E-state index contributed by atoms with van der Waals surface area (Å²) in [5.41, 5.74) is 7.54. The van der Waals surface area contributed by atoms with Crippen molar-refractivity contribution in [3.05, 3.63) is 36.2 Å². The van der Waals surface area contributed by atoms with Crippen LogP contribution in [0.25, 0.3) is 11.0 Å². The van der Waals surface area contributed by atoms with Crippen molar-refractivity contribution in [2.45, 2.75) is 13.0 Å². The van der Waals surface area contributed by atoms with Crippen molar-refractivity contribution in [2.24, 2.45) is 5.73 Å². The molecule has 1 atom stereocenters. The molecule has 6 heteroatoms. The van der Waals surface area contributed by atoms with Crippen LogP contribution < -0.4 is 5.73 Å². The highest BCUT2D eigenvalue weighted by atomic mass is 32.1. The Bertz CT molecular complexity index is 643. The molecule has 0 aliphatic carbocycles. The molecule has 5 nitrogen and oxygen atoms in total. The highest BCUT2D eigenvalue weighted by molar-refractivity contribution is 7.80. The second-order valence-corrected chi connectivity index (χ2v) is 4.73. The van der Waals surface area contributed by atoms with Crippen molar-refractivity contribution in [2.75, 3.05) is 7.05 Å². The highest BCUT2D eigenvalue weighted by Crippen LogP contribution is 2.13. The molecule has 1 unspecified atom stereocenters. The molecule has 0 saturated heterocycles. The average Bonchev–Trinajstić information content (AvgIpc) is 2.44. The van der Waals surface area contributed by atoms with Crippen molar-refractivity contribution in [3.8, 4) is 0 Å². The summed E-state index contributed by atoms with van der Waals surface area (Å²) in [5, 5.41) is 0. The third-order valence-electron chi connectivity index (χ3n) is 3.03. The van der Waals surface area contributed by atoms with E-state index < -0.39 is 0 Å². The summed E-state index contributed by atoms with van der Waals surface area (Å²) in [6, 6.07) is 4.92. The van der Waals surface area contributed by atoms with Gasteiger partial charge in [-0.1, -0.05) is 12.2 Å². The zero-order valence-electron chi connectivity index (χ0n) is 10.7. The maximum absolute atomic E-state index is 12.3. The third-order valence-corrected chi connectivity index (χ3v) is 3.37. The number of hydrogen-bond donors (Lipinski definition) is 1. The van der Waals surface area contributed by atoms with Gasteiger partial charge in [-0.05, 0) is 25.1 Å². The van der Waals surface area contributed by atoms with Gasteiger partial charge in [0, 0.05) is 25.0 Å². The molecule has 1 heterocycles. The molecule has 1 amide bonds. The van der Waals surface area contributed by atoms with E-state index in [1.807, 2.05) is 0 Å². The van der Waals surface area contributed by atoms with E-state index in [2.05, 4.69) is 9.97 Å². The maximum Gasteiger partial charge on any atom is 0.254 e. The summed E-state index contributed by atoms with van der Waals surface area (Å²) in [5.74, 6) is -0.146. The van der Waals surface area contributed by atoms with Crippen LogP contribution in [0.3, 0.4) is 0 Å². The van der Waals surface area contributed by atoms with E-state index in [0.717, 1.165) is 5.52 Å². The Morgan fingerprint density at radius 3 is 2.58 bits per heavy atom. The monoisotopic (exact) mass is 274 g/mol. The Morgan fingerprint density at radius 1 is 1.32 bits per heavy atom.